The molecule has 0 atom stereocenters. The van der Waals surface area contributed by atoms with Gasteiger partial charge in [-0.3, -0.25) is 4.90 Å². The predicted octanol–water partition coefficient (Wildman–Crippen LogP) is 3.47. The summed E-state index contributed by atoms with van der Waals surface area (Å²) in [7, 11) is 1.88. The van der Waals surface area contributed by atoms with Gasteiger partial charge in [0.15, 0.2) is 5.58 Å². The van der Waals surface area contributed by atoms with Crippen molar-refractivity contribution >= 4 is 22.8 Å². The van der Waals surface area contributed by atoms with Gasteiger partial charge >= 0.3 is 6.01 Å². The van der Waals surface area contributed by atoms with Crippen molar-refractivity contribution in [3.8, 4) is 6.07 Å². The zero-order valence-corrected chi connectivity index (χ0v) is 10.4. The summed E-state index contributed by atoms with van der Waals surface area (Å²) in [5.41, 5.74) is 3.15. The van der Waals surface area contributed by atoms with Gasteiger partial charge in [-0.1, -0.05) is 12.1 Å². The third-order valence-electron chi connectivity index (χ3n) is 2.95. The lowest BCUT2D eigenvalue weighted by molar-refractivity contribution is 0.603. The SMILES string of the molecule is CN(c1ccc(C#N)cc1)c1nc2ccccc2o1. The summed E-state index contributed by atoms with van der Waals surface area (Å²) in [4.78, 5) is 6.27. The standard InChI is InChI=1S/C15H11N3O/c1-18(12-8-6-11(10-16)7-9-12)15-17-13-4-2-3-5-14(13)19-15/h2-9H,1H3. The molecule has 0 unspecified atom stereocenters. The van der Waals surface area contributed by atoms with E-state index in [1.54, 1.807) is 12.1 Å². The van der Waals surface area contributed by atoms with Gasteiger partial charge < -0.3 is 4.42 Å². The van der Waals surface area contributed by atoms with E-state index in [1.807, 2.05) is 48.3 Å². The highest BCUT2D eigenvalue weighted by Gasteiger charge is 2.11. The number of rotatable bonds is 2. The van der Waals surface area contributed by atoms with Crippen molar-refractivity contribution in [3.63, 3.8) is 0 Å². The molecule has 0 amide bonds. The van der Waals surface area contributed by atoms with Crippen LogP contribution in [-0.4, -0.2) is 12.0 Å². The van der Waals surface area contributed by atoms with Crippen molar-refractivity contribution in [1.29, 1.82) is 5.26 Å². The van der Waals surface area contributed by atoms with Crippen LogP contribution in [0.1, 0.15) is 5.56 Å². The highest BCUT2D eigenvalue weighted by atomic mass is 16.4. The molecular weight excluding hydrogens is 238 g/mol. The zero-order valence-electron chi connectivity index (χ0n) is 10.4. The van der Waals surface area contributed by atoms with Crippen molar-refractivity contribution in [3.05, 3.63) is 54.1 Å². The van der Waals surface area contributed by atoms with Crippen LogP contribution < -0.4 is 4.90 Å². The molecular formula is C15H11N3O. The lowest BCUT2D eigenvalue weighted by Crippen LogP contribution is -2.09. The second kappa shape index (κ2) is 4.46. The van der Waals surface area contributed by atoms with Crippen LogP contribution in [0.4, 0.5) is 11.7 Å². The van der Waals surface area contributed by atoms with Crippen LogP contribution in [0.15, 0.2) is 52.9 Å². The normalized spacial score (nSPS) is 10.3. The molecule has 1 aromatic heterocycles. The molecule has 3 aromatic rings. The van der Waals surface area contributed by atoms with E-state index in [4.69, 9.17) is 9.68 Å². The quantitative estimate of drug-likeness (QED) is 0.697. The maximum atomic E-state index is 8.78. The van der Waals surface area contributed by atoms with E-state index in [0.717, 1.165) is 16.8 Å². The number of aromatic nitrogens is 1. The molecule has 0 spiro atoms. The van der Waals surface area contributed by atoms with E-state index in [-0.39, 0.29) is 0 Å². The van der Waals surface area contributed by atoms with Crippen molar-refractivity contribution in [2.24, 2.45) is 0 Å². The molecule has 0 saturated carbocycles. The van der Waals surface area contributed by atoms with Gasteiger partial charge in [-0.25, -0.2) is 0 Å². The summed E-state index contributed by atoms with van der Waals surface area (Å²) in [5, 5.41) is 8.78. The lowest BCUT2D eigenvalue weighted by Gasteiger charge is -2.14. The molecule has 0 N–H and O–H groups in total. The molecule has 19 heavy (non-hydrogen) atoms. The van der Waals surface area contributed by atoms with Crippen LogP contribution in [-0.2, 0) is 0 Å². The van der Waals surface area contributed by atoms with Gasteiger partial charge in [0.05, 0.1) is 11.6 Å². The fourth-order valence-electron chi connectivity index (χ4n) is 1.87. The van der Waals surface area contributed by atoms with Crippen molar-refractivity contribution in [1.82, 2.24) is 4.98 Å². The Bertz CT molecular complexity index is 720. The minimum Gasteiger partial charge on any atom is -0.423 e. The summed E-state index contributed by atoms with van der Waals surface area (Å²) in [6.07, 6.45) is 0. The van der Waals surface area contributed by atoms with Crippen LogP contribution in [0, 0.1) is 11.3 Å². The first-order valence-corrected chi connectivity index (χ1v) is 5.87. The molecule has 0 aliphatic rings. The van der Waals surface area contributed by atoms with Crippen LogP contribution in [0.2, 0.25) is 0 Å². The van der Waals surface area contributed by atoms with Crippen molar-refractivity contribution < 1.29 is 4.42 Å². The van der Waals surface area contributed by atoms with Crippen LogP contribution in [0.25, 0.3) is 11.1 Å². The molecule has 0 fully saturated rings. The maximum Gasteiger partial charge on any atom is 0.302 e. The Morgan fingerprint density at radius 1 is 1.11 bits per heavy atom. The molecule has 1 heterocycles. The smallest absolute Gasteiger partial charge is 0.302 e. The van der Waals surface area contributed by atoms with E-state index in [1.165, 1.54) is 0 Å². The summed E-state index contributed by atoms with van der Waals surface area (Å²) in [5.74, 6) is 0. The molecule has 4 nitrogen and oxygen atoms in total. The first-order valence-electron chi connectivity index (χ1n) is 5.87. The van der Waals surface area contributed by atoms with E-state index >= 15 is 0 Å². The summed E-state index contributed by atoms with van der Waals surface area (Å²) < 4.78 is 5.69. The summed E-state index contributed by atoms with van der Waals surface area (Å²) in [6, 6.07) is 17.6. The van der Waals surface area contributed by atoms with Crippen LogP contribution in [0.5, 0.6) is 0 Å². The Kier molecular flexibility index (Phi) is 2.66. The number of oxazole rings is 1. The van der Waals surface area contributed by atoms with Gasteiger partial charge in [0.2, 0.25) is 0 Å². The van der Waals surface area contributed by atoms with Crippen LogP contribution >= 0.6 is 0 Å². The number of fused-ring (bicyclic) bond motifs is 1. The third kappa shape index (κ3) is 2.02. The fourth-order valence-corrected chi connectivity index (χ4v) is 1.87. The Morgan fingerprint density at radius 3 is 2.53 bits per heavy atom. The highest BCUT2D eigenvalue weighted by Crippen LogP contribution is 2.26. The average molecular weight is 249 g/mol. The third-order valence-corrected chi connectivity index (χ3v) is 2.95. The van der Waals surface area contributed by atoms with E-state index < -0.39 is 0 Å². The number of nitriles is 1. The molecule has 0 bridgehead atoms. The average Bonchev–Trinajstić information content (AvgIpc) is 2.90. The predicted molar refractivity (Wildman–Crippen MR) is 73.2 cm³/mol. The molecule has 3 rings (SSSR count). The molecule has 0 radical (unpaired) electrons. The number of nitrogens with zero attached hydrogens (tertiary/aromatic N) is 3. The van der Waals surface area contributed by atoms with Gasteiger partial charge in [0, 0.05) is 12.7 Å². The molecule has 4 heteroatoms. The van der Waals surface area contributed by atoms with E-state index in [2.05, 4.69) is 11.1 Å². The lowest BCUT2D eigenvalue weighted by atomic mass is 10.2. The largest absolute Gasteiger partial charge is 0.423 e. The zero-order chi connectivity index (χ0) is 13.2. The van der Waals surface area contributed by atoms with E-state index in [9.17, 15) is 0 Å². The minimum absolute atomic E-state index is 0.533. The Balaban J connectivity index is 1.98. The molecule has 92 valence electrons. The summed E-state index contributed by atoms with van der Waals surface area (Å²) in [6.45, 7) is 0. The minimum atomic E-state index is 0.533. The second-order valence-corrected chi connectivity index (χ2v) is 4.18. The number of para-hydroxylation sites is 2. The van der Waals surface area contributed by atoms with E-state index in [0.29, 0.717) is 11.6 Å². The number of benzene rings is 2. The molecule has 2 aromatic carbocycles. The second-order valence-electron chi connectivity index (χ2n) is 4.18. The summed E-state index contributed by atoms with van der Waals surface area (Å²) >= 11 is 0. The topological polar surface area (TPSA) is 53.1 Å². The van der Waals surface area contributed by atoms with Crippen LogP contribution in [0.3, 0.4) is 0 Å². The van der Waals surface area contributed by atoms with Gasteiger partial charge in [-0.05, 0) is 36.4 Å². The Hall–Kier alpha value is -2.80. The fraction of sp³-hybridized carbons (Fsp3) is 0.0667. The maximum absolute atomic E-state index is 8.78. The van der Waals surface area contributed by atoms with Gasteiger partial charge in [0.25, 0.3) is 0 Å². The number of hydrogen-bond acceptors (Lipinski definition) is 4. The molecule has 0 aliphatic carbocycles. The Morgan fingerprint density at radius 2 is 1.84 bits per heavy atom. The van der Waals surface area contributed by atoms with Crippen molar-refractivity contribution in [2.45, 2.75) is 0 Å². The molecule has 0 saturated heterocycles. The molecule has 0 aliphatic heterocycles. The number of anilines is 2. The first-order chi connectivity index (χ1) is 9.28. The number of hydrogen-bond donors (Lipinski definition) is 0. The van der Waals surface area contributed by atoms with Gasteiger partial charge in [-0.2, -0.15) is 10.2 Å². The Labute approximate surface area is 110 Å². The monoisotopic (exact) mass is 249 g/mol. The van der Waals surface area contributed by atoms with Gasteiger partial charge in [-0.15, -0.1) is 0 Å². The van der Waals surface area contributed by atoms with Crippen molar-refractivity contribution in [2.75, 3.05) is 11.9 Å². The highest BCUT2D eigenvalue weighted by molar-refractivity contribution is 5.75. The van der Waals surface area contributed by atoms with Gasteiger partial charge in [0.1, 0.15) is 5.52 Å². The first kappa shape index (κ1) is 11.3.